The van der Waals surface area contributed by atoms with Gasteiger partial charge < -0.3 is 20.6 Å². The molecule has 0 saturated carbocycles. The number of unbranched alkanes of at least 4 members (excludes halogenated alkanes) is 33. The second-order valence-corrected chi connectivity index (χ2v) is 17.7. The molecule has 3 atom stereocenters. The van der Waals surface area contributed by atoms with Crippen molar-refractivity contribution in [2.24, 2.45) is 0 Å². The van der Waals surface area contributed by atoms with E-state index in [1.54, 1.807) is 6.08 Å². The van der Waals surface area contributed by atoms with Crippen molar-refractivity contribution in [2.75, 3.05) is 6.61 Å². The molecule has 0 aliphatic rings. The van der Waals surface area contributed by atoms with E-state index in [0.29, 0.717) is 6.42 Å². The van der Waals surface area contributed by atoms with Gasteiger partial charge in [0.25, 0.3) is 0 Å². The van der Waals surface area contributed by atoms with Gasteiger partial charge in [0.05, 0.1) is 18.8 Å². The highest BCUT2D eigenvalue weighted by Gasteiger charge is 2.22. The lowest BCUT2D eigenvalue weighted by atomic mass is 10.0. The molecule has 0 heterocycles. The maximum atomic E-state index is 12.5. The normalized spacial score (nSPS) is 13.8. The highest BCUT2D eigenvalue weighted by Crippen LogP contribution is 2.15. The van der Waals surface area contributed by atoms with Gasteiger partial charge in [0.2, 0.25) is 5.91 Å². The Hall–Kier alpha value is -1.69. The van der Waals surface area contributed by atoms with E-state index in [1.165, 1.54) is 199 Å². The summed E-state index contributed by atoms with van der Waals surface area (Å²) in [6.45, 7) is 4.19. The number of amides is 1. The zero-order valence-corrected chi connectivity index (χ0v) is 39.4. The number of nitrogens with one attached hydrogen (secondary N) is 1. The fourth-order valence-electron chi connectivity index (χ4n) is 7.80. The van der Waals surface area contributed by atoms with Gasteiger partial charge in [-0.05, 0) is 70.6 Å². The standard InChI is InChI=1S/C54H101NO4/c1-3-5-7-9-11-13-15-17-19-21-23-25-27-29-30-32-34-36-38-40-42-44-46-48-52(57)51(50-56)55-54(59)53(58)49-47-45-43-41-39-37-35-33-31-28-26-24-22-20-18-16-14-12-10-8-6-4-2/h30-33,38,40,46,48,51-53,56-58H,3-29,34-37,39,41-45,47,49-50H2,1-2H3,(H,55,59)/b32-30+,33-31-,40-38+,48-46+. The monoisotopic (exact) mass is 828 g/mol. The fourth-order valence-corrected chi connectivity index (χ4v) is 7.80. The van der Waals surface area contributed by atoms with Crippen molar-refractivity contribution in [3.05, 3.63) is 48.6 Å². The smallest absolute Gasteiger partial charge is 0.249 e. The maximum Gasteiger partial charge on any atom is 0.249 e. The summed E-state index contributed by atoms with van der Waals surface area (Å²) >= 11 is 0. The van der Waals surface area contributed by atoms with Crippen molar-refractivity contribution >= 4 is 5.91 Å². The number of carbonyl (C=O) groups excluding carboxylic acids is 1. The van der Waals surface area contributed by atoms with E-state index in [2.05, 4.69) is 55.6 Å². The Morgan fingerprint density at radius 1 is 0.407 bits per heavy atom. The third kappa shape index (κ3) is 44.2. The summed E-state index contributed by atoms with van der Waals surface area (Å²) in [5, 5.41) is 33.3. The van der Waals surface area contributed by atoms with Crippen LogP contribution < -0.4 is 5.32 Å². The van der Waals surface area contributed by atoms with Crippen LogP contribution in [0.15, 0.2) is 48.6 Å². The molecule has 0 saturated heterocycles. The lowest BCUT2D eigenvalue weighted by Crippen LogP contribution is -2.48. The lowest BCUT2D eigenvalue weighted by molar-refractivity contribution is -0.131. The summed E-state index contributed by atoms with van der Waals surface area (Å²) in [5.74, 6) is -0.520. The predicted octanol–water partition coefficient (Wildman–Crippen LogP) is 15.7. The van der Waals surface area contributed by atoms with Crippen LogP contribution in [-0.2, 0) is 4.79 Å². The molecule has 0 aromatic carbocycles. The summed E-state index contributed by atoms with van der Waals surface area (Å²) in [5.41, 5.74) is 0. The van der Waals surface area contributed by atoms with Crippen molar-refractivity contribution in [1.29, 1.82) is 0 Å². The van der Waals surface area contributed by atoms with Crippen LogP contribution in [-0.4, -0.2) is 46.1 Å². The van der Waals surface area contributed by atoms with Gasteiger partial charge in [-0.15, -0.1) is 0 Å². The molecular formula is C54H101NO4. The lowest BCUT2D eigenvalue weighted by Gasteiger charge is -2.21. The van der Waals surface area contributed by atoms with Gasteiger partial charge in [0.15, 0.2) is 0 Å². The molecule has 346 valence electrons. The van der Waals surface area contributed by atoms with Crippen molar-refractivity contribution < 1.29 is 20.1 Å². The molecule has 5 heteroatoms. The van der Waals surface area contributed by atoms with Gasteiger partial charge in [-0.1, -0.05) is 242 Å². The molecule has 4 N–H and O–H groups in total. The molecule has 3 unspecified atom stereocenters. The topological polar surface area (TPSA) is 89.8 Å². The molecule has 0 aliphatic carbocycles. The molecular weight excluding hydrogens is 727 g/mol. The van der Waals surface area contributed by atoms with Crippen LogP contribution in [0, 0.1) is 0 Å². The van der Waals surface area contributed by atoms with Crippen LogP contribution in [0.1, 0.15) is 264 Å². The van der Waals surface area contributed by atoms with Crippen LogP contribution in [0.25, 0.3) is 0 Å². The minimum absolute atomic E-state index is 0.384. The minimum Gasteiger partial charge on any atom is -0.394 e. The van der Waals surface area contributed by atoms with Crippen molar-refractivity contribution in [3.8, 4) is 0 Å². The molecule has 5 nitrogen and oxygen atoms in total. The molecule has 1 amide bonds. The van der Waals surface area contributed by atoms with Crippen LogP contribution in [0.2, 0.25) is 0 Å². The summed E-state index contributed by atoms with van der Waals surface area (Å²) in [7, 11) is 0. The SMILES string of the molecule is CCCCCCCCCCCCCC/C=C\CCCCCCCCC(O)C(=O)NC(CO)C(O)/C=C/CC/C=C/CC/C=C/CCCCCCCCCCCCCCC. The van der Waals surface area contributed by atoms with Gasteiger partial charge in [0.1, 0.15) is 6.10 Å². The number of rotatable bonds is 47. The number of aliphatic hydroxyl groups excluding tert-OH is 3. The molecule has 0 aromatic heterocycles. The minimum atomic E-state index is -1.12. The maximum absolute atomic E-state index is 12.5. The Morgan fingerprint density at radius 3 is 1.03 bits per heavy atom. The van der Waals surface area contributed by atoms with Crippen LogP contribution in [0.4, 0.5) is 0 Å². The summed E-state index contributed by atoms with van der Waals surface area (Å²) in [4.78, 5) is 12.5. The summed E-state index contributed by atoms with van der Waals surface area (Å²) < 4.78 is 0. The van der Waals surface area contributed by atoms with Gasteiger partial charge in [-0.2, -0.15) is 0 Å². The largest absolute Gasteiger partial charge is 0.394 e. The van der Waals surface area contributed by atoms with Gasteiger partial charge >= 0.3 is 0 Å². The highest BCUT2D eigenvalue weighted by atomic mass is 16.3. The van der Waals surface area contributed by atoms with E-state index in [9.17, 15) is 20.1 Å². The zero-order chi connectivity index (χ0) is 43.0. The Morgan fingerprint density at radius 2 is 0.695 bits per heavy atom. The Balaban J connectivity index is 3.69. The Kier molecular flexibility index (Phi) is 47.6. The zero-order valence-electron chi connectivity index (χ0n) is 39.4. The number of hydrogen-bond acceptors (Lipinski definition) is 4. The average molecular weight is 828 g/mol. The number of carbonyl (C=O) groups is 1. The molecule has 0 bridgehead atoms. The summed E-state index contributed by atoms with van der Waals surface area (Å²) in [6.07, 6.45) is 64.6. The second kappa shape index (κ2) is 49.0. The first-order chi connectivity index (χ1) is 29.1. The molecule has 0 rings (SSSR count). The predicted molar refractivity (Wildman–Crippen MR) is 259 cm³/mol. The van der Waals surface area contributed by atoms with E-state index in [-0.39, 0.29) is 6.61 Å². The van der Waals surface area contributed by atoms with Crippen molar-refractivity contribution in [3.63, 3.8) is 0 Å². The van der Waals surface area contributed by atoms with Crippen LogP contribution in [0.3, 0.4) is 0 Å². The Bertz CT molecular complexity index is 958. The van der Waals surface area contributed by atoms with Crippen molar-refractivity contribution in [2.45, 2.75) is 283 Å². The Labute approximate surface area is 367 Å². The first kappa shape index (κ1) is 57.3. The summed E-state index contributed by atoms with van der Waals surface area (Å²) in [6, 6.07) is -0.825. The van der Waals surface area contributed by atoms with Gasteiger partial charge in [0, 0.05) is 0 Å². The third-order valence-electron chi connectivity index (χ3n) is 11.9. The van der Waals surface area contributed by atoms with Gasteiger partial charge in [-0.3, -0.25) is 4.79 Å². The molecule has 0 aliphatic heterocycles. The molecule has 59 heavy (non-hydrogen) atoms. The van der Waals surface area contributed by atoms with E-state index < -0.39 is 24.2 Å². The van der Waals surface area contributed by atoms with Crippen LogP contribution >= 0.6 is 0 Å². The quantitative estimate of drug-likeness (QED) is 0.0363. The highest BCUT2D eigenvalue weighted by molar-refractivity contribution is 5.80. The van der Waals surface area contributed by atoms with Crippen molar-refractivity contribution in [1.82, 2.24) is 5.32 Å². The fraction of sp³-hybridized carbons (Fsp3) is 0.833. The third-order valence-corrected chi connectivity index (χ3v) is 11.9. The number of hydrogen-bond donors (Lipinski definition) is 4. The van der Waals surface area contributed by atoms with Gasteiger partial charge in [-0.25, -0.2) is 0 Å². The van der Waals surface area contributed by atoms with E-state index in [4.69, 9.17) is 0 Å². The number of aliphatic hydroxyl groups is 3. The number of allylic oxidation sites excluding steroid dienone is 7. The van der Waals surface area contributed by atoms with E-state index in [0.717, 1.165) is 44.9 Å². The molecule has 0 fully saturated rings. The van der Waals surface area contributed by atoms with E-state index in [1.807, 2.05) is 6.08 Å². The average Bonchev–Trinajstić information content (AvgIpc) is 3.24. The second-order valence-electron chi connectivity index (χ2n) is 17.7. The molecule has 0 spiro atoms. The molecule has 0 radical (unpaired) electrons. The first-order valence-electron chi connectivity index (χ1n) is 26.0. The molecule has 0 aromatic rings. The van der Waals surface area contributed by atoms with Crippen LogP contribution in [0.5, 0.6) is 0 Å². The first-order valence-corrected chi connectivity index (χ1v) is 26.0. The van der Waals surface area contributed by atoms with E-state index >= 15 is 0 Å².